The van der Waals surface area contributed by atoms with Crippen molar-refractivity contribution in [2.45, 2.75) is 72.5 Å². The predicted molar refractivity (Wildman–Crippen MR) is 87.3 cm³/mol. The molecule has 0 radical (unpaired) electrons. The molecule has 0 fully saturated rings. The Morgan fingerprint density at radius 1 is 1.10 bits per heavy atom. The van der Waals surface area contributed by atoms with Crippen LogP contribution in [-0.4, -0.2) is 27.5 Å². The van der Waals surface area contributed by atoms with E-state index in [2.05, 4.69) is 47.7 Å². The monoisotopic (exact) mass is 302 g/mol. The van der Waals surface area contributed by atoms with Crippen molar-refractivity contribution in [2.75, 3.05) is 13.2 Å². The minimum absolute atomic E-state index is 0.190. The first-order valence-corrected chi connectivity index (χ1v) is 10.7. The highest BCUT2D eigenvalue weighted by atomic mass is 28.4. The molecule has 0 aliphatic rings. The van der Waals surface area contributed by atoms with Crippen LogP contribution >= 0.6 is 0 Å². The van der Waals surface area contributed by atoms with Crippen molar-refractivity contribution in [3.8, 4) is 0 Å². The van der Waals surface area contributed by atoms with Crippen LogP contribution in [-0.2, 0) is 14.0 Å². The average Bonchev–Trinajstić information content (AvgIpc) is 2.24. The summed E-state index contributed by atoms with van der Waals surface area (Å²) in [5.41, 5.74) is 0. The van der Waals surface area contributed by atoms with Gasteiger partial charge in [0.1, 0.15) is 0 Å². The van der Waals surface area contributed by atoms with Gasteiger partial charge in [-0.15, -0.1) is 0 Å². The van der Waals surface area contributed by atoms with Gasteiger partial charge in [-0.05, 0) is 42.8 Å². The molecular weight excluding hydrogens is 268 g/mol. The third-order valence-electron chi connectivity index (χ3n) is 4.49. The Hall–Kier alpha value is -0.353. The molecule has 0 aromatic carbocycles. The topological polar surface area (TPSA) is 35.5 Å². The van der Waals surface area contributed by atoms with Crippen LogP contribution in [0, 0.1) is 11.8 Å². The summed E-state index contributed by atoms with van der Waals surface area (Å²) in [6.45, 7) is 18.6. The average molecular weight is 303 g/mol. The largest absolute Gasteiger partial charge is 0.466 e. The maximum absolute atomic E-state index is 10.8. The summed E-state index contributed by atoms with van der Waals surface area (Å²) in [6, 6.07) is 0. The molecular formula is C16H34O3Si. The second-order valence-electron chi connectivity index (χ2n) is 7.53. The highest BCUT2D eigenvalue weighted by Crippen LogP contribution is 2.36. The van der Waals surface area contributed by atoms with Crippen molar-refractivity contribution in [2.24, 2.45) is 11.8 Å². The predicted octanol–water partition coefficient (Wildman–Crippen LogP) is 4.62. The van der Waals surface area contributed by atoms with Crippen LogP contribution in [0.3, 0.4) is 0 Å². The Kier molecular flexibility index (Phi) is 8.03. The SMILES string of the molecule is CC(=O)OCC[C@H](CCO[Si](C)(C)C(C)(C)C)C(C)C. The highest BCUT2D eigenvalue weighted by molar-refractivity contribution is 6.74. The Morgan fingerprint density at radius 2 is 1.60 bits per heavy atom. The fourth-order valence-electron chi connectivity index (χ4n) is 1.85. The number of carbonyl (C=O) groups excluding carboxylic acids is 1. The van der Waals surface area contributed by atoms with Gasteiger partial charge in [0.15, 0.2) is 8.32 Å². The number of carbonyl (C=O) groups is 1. The van der Waals surface area contributed by atoms with Crippen molar-refractivity contribution in [3.05, 3.63) is 0 Å². The van der Waals surface area contributed by atoms with Crippen LogP contribution in [0.1, 0.15) is 54.4 Å². The van der Waals surface area contributed by atoms with Crippen LogP contribution in [0.15, 0.2) is 0 Å². The van der Waals surface area contributed by atoms with Gasteiger partial charge in [0, 0.05) is 13.5 Å². The molecule has 4 heteroatoms. The normalized spacial score (nSPS) is 14.4. The Morgan fingerprint density at radius 3 is 2.00 bits per heavy atom. The summed E-state index contributed by atoms with van der Waals surface area (Å²) in [7, 11) is -1.64. The molecule has 3 nitrogen and oxygen atoms in total. The van der Waals surface area contributed by atoms with E-state index in [0.29, 0.717) is 18.4 Å². The molecule has 1 atom stereocenters. The molecule has 0 saturated carbocycles. The van der Waals surface area contributed by atoms with E-state index in [-0.39, 0.29) is 11.0 Å². The standard InChI is InChI=1S/C16H34O3Si/c1-13(2)15(9-11-18-14(3)17)10-12-19-20(7,8)16(4,5)6/h13,15H,9-12H2,1-8H3/t15-/m1/s1. The van der Waals surface area contributed by atoms with Crippen molar-refractivity contribution in [1.82, 2.24) is 0 Å². The van der Waals surface area contributed by atoms with E-state index in [4.69, 9.17) is 9.16 Å². The molecule has 0 aliphatic heterocycles. The molecule has 0 heterocycles. The lowest BCUT2D eigenvalue weighted by Gasteiger charge is -2.36. The van der Waals surface area contributed by atoms with Gasteiger partial charge in [-0.2, -0.15) is 0 Å². The summed E-state index contributed by atoms with van der Waals surface area (Å²) in [6.07, 6.45) is 1.98. The quantitative estimate of drug-likeness (QED) is 0.484. The van der Waals surface area contributed by atoms with Gasteiger partial charge in [-0.25, -0.2) is 0 Å². The summed E-state index contributed by atoms with van der Waals surface area (Å²) in [4.78, 5) is 10.8. The van der Waals surface area contributed by atoms with E-state index in [1.807, 2.05) is 0 Å². The maximum Gasteiger partial charge on any atom is 0.302 e. The molecule has 0 aromatic rings. The smallest absolute Gasteiger partial charge is 0.302 e. The summed E-state index contributed by atoms with van der Waals surface area (Å²) >= 11 is 0. The number of rotatable bonds is 8. The molecule has 0 unspecified atom stereocenters. The number of hydrogen-bond donors (Lipinski definition) is 0. The summed E-state index contributed by atoms with van der Waals surface area (Å²) in [5, 5.41) is 0.262. The van der Waals surface area contributed by atoms with Crippen molar-refractivity contribution >= 4 is 14.3 Å². The zero-order chi connectivity index (χ0) is 16.0. The van der Waals surface area contributed by atoms with Crippen LogP contribution in [0.25, 0.3) is 0 Å². The second kappa shape index (κ2) is 8.18. The fraction of sp³-hybridized carbons (Fsp3) is 0.938. The number of esters is 1. The third kappa shape index (κ3) is 7.43. The molecule has 0 aromatic heterocycles. The first-order valence-electron chi connectivity index (χ1n) is 7.74. The Bertz CT molecular complexity index is 293. The molecule has 120 valence electrons. The van der Waals surface area contributed by atoms with Crippen LogP contribution in [0.5, 0.6) is 0 Å². The molecule has 0 spiro atoms. The summed E-state index contributed by atoms with van der Waals surface area (Å²) < 4.78 is 11.3. The summed E-state index contributed by atoms with van der Waals surface area (Å²) in [5.74, 6) is 0.956. The Labute approximate surface area is 126 Å². The second-order valence-corrected chi connectivity index (χ2v) is 12.3. The van der Waals surface area contributed by atoms with Gasteiger partial charge < -0.3 is 9.16 Å². The molecule has 0 N–H and O–H groups in total. The van der Waals surface area contributed by atoms with Gasteiger partial charge in [-0.3, -0.25) is 4.79 Å². The van der Waals surface area contributed by atoms with Gasteiger partial charge in [0.25, 0.3) is 0 Å². The zero-order valence-electron chi connectivity index (χ0n) is 14.7. The lowest BCUT2D eigenvalue weighted by atomic mass is 9.90. The molecule has 0 aliphatic carbocycles. The number of ether oxygens (including phenoxy) is 1. The van der Waals surface area contributed by atoms with Crippen LogP contribution in [0.4, 0.5) is 0 Å². The third-order valence-corrected chi connectivity index (χ3v) is 9.03. The minimum atomic E-state index is -1.64. The van der Waals surface area contributed by atoms with Gasteiger partial charge in [0.2, 0.25) is 0 Å². The lowest BCUT2D eigenvalue weighted by molar-refractivity contribution is -0.141. The first-order chi connectivity index (χ1) is 8.97. The van der Waals surface area contributed by atoms with E-state index < -0.39 is 8.32 Å². The molecule has 0 bridgehead atoms. The van der Waals surface area contributed by atoms with Gasteiger partial charge in [0.05, 0.1) is 6.61 Å². The molecule has 0 saturated heterocycles. The van der Waals surface area contributed by atoms with Crippen molar-refractivity contribution < 1.29 is 14.0 Å². The molecule has 0 rings (SSSR count). The van der Waals surface area contributed by atoms with E-state index >= 15 is 0 Å². The van der Waals surface area contributed by atoms with Crippen LogP contribution < -0.4 is 0 Å². The fourth-order valence-corrected chi connectivity index (χ4v) is 2.91. The minimum Gasteiger partial charge on any atom is -0.466 e. The van der Waals surface area contributed by atoms with Crippen LogP contribution in [0.2, 0.25) is 18.1 Å². The molecule has 0 amide bonds. The van der Waals surface area contributed by atoms with E-state index in [1.165, 1.54) is 6.92 Å². The van der Waals surface area contributed by atoms with E-state index in [9.17, 15) is 4.79 Å². The number of hydrogen-bond acceptors (Lipinski definition) is 3. The maximum atomic E-state index is 10.8. The van der Waals surface area contributed by atoms with Gasteiger partial charge >= 0.3 is 5.97 Å². The van der Waals surface area contributed by atoms with Crippen molar-refractivity contribution in [1.29, 1.82) is 0 Å². The molecule has 20 heavy (non-hydrogen) atoms. The Balaban J connectivity index is 4.19. The van der Waals surface area contributed by atoms with Gasteiger partial charge in [-0.1, -0.05) is 34.6 Å². The first kappa shape index (κ1) is 19.6. The van der Waals surface area contributed by atoms with Crippen molar-refractivity contribution in [3.63, 3.8) is 0 Å². The van der Waals surface area contributed by atoms with E-state index in [1.54, 1.807) is 0 Å². The van der Waals surface area contributed by atoms with E-state index in [0.717, 1.165) is 19.4 Å². The highest BCUT2D eigenvalue weighted by Gasteiger charge is 2.37. The lowest BCUT2D eigenvalue weighted by Crippen LogP contribution is -2.41. The zero-order valence-corrected chi connectivity index (χ0v) is 15.7.